The summed E-state index contributed by atoms with van der Waals surface area (Å²) in [7, 11) is 2.12. The van der Waals surface area contributed by atoms with Crippen molar-refractivity contribution in [3.8, 4) is 0 Å². The van der Waals surface area contributed by atoms with E-state index in [0.717, 1.165) is 12.0 Å². The predicted octanol–water partition coefficient (Wildman–Crippen LogP) is 3.28. The van der Waals surface area contributed by atoms with Crippen molar-refractivity contribution in [2.24, 2.45) is 11.3 Å². The molecule has 0 aromatic heterocycles. The molecule has 0 radical (unpaired) electrons. The molecule has 2 rings (SSSR count). The maximum Gasteiger partial charge on any atom is 0.00671 e. The highest BCUT2D eigenvalue weighted by molar-refractivity contribution is 4.90. The monoisotopic (exact) mass is 252 g/mol. The quantitative estimate of drug-likeness (QED) is 0.826. The Balaban J connectivity index is 1.96. The topological polar surface area (TPSA) is 15.3 Å². The summed E-state index contributed by atoms with van der Waals surface area (Å²) in [6, 6.07) is 0.812. The average Bonchev–Trinajstić information content (AvgIpc) is 2.36. The fraction of sp³-hybridized carbons (Fsp3) is 1.00. The van der Waals surface area contributed by atoms with Crippen molar-refractivity contribution in [2.45, 2.75) is 64.8 Å². The fourth-order valence-electron chi connectivity index (χ4n) is 3.96. The van der Waals surface area contributed by atoms with Crippen molar-refractivity contribution in [3.05, 3.63) is 0 Å². The molecule has 2 nitrogen and oxygen atoms in total. The number of nitrogens with one attached hydrogen (secondary N) is 1. The van der Waals surface area contributed by atoms with Crippen molar-refractivity contribution in [1.82, 2.24) is 10.2 Å². The predicted molar refractivity (Wildman–Crippen MR) is 78.9 cm³/mol. The molecule has 1 unspecified atom stereocenters. The van der Waals surface area contributed by atoms with E-state index >= 15 is 0 Å². The minimum absolute atomic E-state index is 0.562. The molecule has 18 heavy (non-hydrogen) atoms. The summed E-state index contributed by atoms with van der Waals surface area (Å²) < 4.78 is 0. The lowest BCUT2D eigenvalue weighted by Gasteiger charge is -2.45. The molecule has 1 atom stereocenters. The first-order valence-electron chi connectivity index (χ1n) is 8.04. The fourth-order valence-corrected chi connectivity index (χ4v) is 3.96. The maximum absolute atomic E-state index is 3.47. The largest absolute Gasteiger partial charge is 0.319 e. The van der Waals surface area contributed by atoms with E-state index in [1.165, 1.54) is 64.6 Å². The van der Waals surface area contributed by atoms with E-state index in [-0.39, 0.29) is 0 Å². The molecule has 1 saturated carbocycles. The van der Waals surface area contributed by atoms with Crippen LogP contribution >= 0.6 is 0 Å². The van der Waals surface area contributed by atoms with Crippen LogP contribution in [0.3, 0.4) is 0 Å². The molecule has 106 valence electrons. The third-order valence-electron chi connectivity index (χ3n) is 5.37. The number of nitrogens with zero attached hydrogens (tertiary/aromatic N) is 1. The Kier molecular flexibility index (Phi) is 5.08. The summed E-state index contributed by atoms with van der Waals surface area (Å²) in [6.07, 6.45) is 9.99. The normalized spacial score (nSPS) is 38.8. The first-order valence-corrected chi connectivity index (χ1v) is 8.04. The van der Waals surface area contributed by atoms with Gasteiger partial charge in [0.1, 0.15) is 0 Å². The molecule has 0 bridgehead atoms. The SMILES string of the molecule is CNCC1(CN2CCCCC2C)CCC(C)CC1. The van der Waals surface area contributed by atoms with E-state index < -0.39 is 0 Å². The van der Waals surface area contributed by atoms with Gasteiger partial charge in [0, 0.05) is 19.1 Å². The van der Waals surface area contributed by atoms with Crippen LogP contribution in [0.1, 0.15) is 58.8 Å². The van der Waals surface area contributed by atoms with Gasteiger partial charge < -0.3 is 10.2 Å². The lowest BCUT2D eigenvalue weighted by Crippen LogP contribution is -2.49. The lowest BCUT2D eigenvalue weighted by molar-refractivity contribution is 0.0524. The van der Waals surface area contributed by atoms with E-state index in [4.69, 9.17) is 0 Å². The van der Waals surface area contributed by atoms with Gasteiger partial charge in [0.15, 0.2) is 0 Å². The summed E-state index contributed by atoms with van der Waals surface area (Å²) in [5.41, 5.74) is 0.562. The van der Waals surface area contributed by atoms with E-state index in [0.29, 0.717) is 5.41 Å². The third kappa shape index (κ3) is 3.48. The maximum atomic E-state index is 3.47. The zero-order chi connectivity index (χ0) is 13.0. The van der Waals surface area contributed by atoms with Crippen LogP contribution in [0.25, 0.3) is 0 Å². The Labute approximate surface area is 114 Å². The summed E-state index contributed by atoms with van der Waals surface area (Å²) in [4.78, 5) is 2.77. The number of piperidine rings is 1. The Morgan fingerprint density at radius 1 is 1.11 bits per heavy atom. The molecule has 1 N–H and O–H groups in total. The zero-order valence-electron chi connectivity index (χ0n) is 12.7. The second kappa shape index (κ2) is 6.38. The molecule has 0 spiro atoms. The minimum Gasteiger partial charge on any atom is -0.319 e. The number of hydrogen-bond acceptors (Lipinski definition) is 2. The van der Waals surface area contributed by atoms with Crippen LogP contribution in [-0.2, 0) is 0 Å². The molecule has 0 aromatic rings. The van der Waals surface area contributed by atoms with Crippen LogP contribution in [0.15, 0.2) is 0 Å². The van der Waals surface area contributed by atoms with Gasteiger partial charge in [-0.3, -0.25) is 0 Å². The highest BCUT2D eigenvalue weighted by Gasteiger charge is 2.36. The summed E-state index contributed by atoms with van der Waals surface area (Å²) in [6.45, 7) is 8.73. The standard InChI is InChI=1S/C16H32N2/c1-14-7-9-16(10-8-14,12-17-3)13-18-11-5-4-6-15(18)2/h14-15,17H,4-13H2,1-3H3. The number of rotatable bonds is 4. The van der Waals surface area contributed by atoms with Gasteiger partial charge in [-0.15, -0.1) is 0 Å². The molecule has 2 aliphatic rings. The smallest absolute Gasteiger partial charge is 0.00671 e. The van der Waals surface area contributed by atoms with Crippen molar-refractivity contribution < 1.29 is 0 Å². The van der Waals surface area contributed by atoms with Crippen molar-refractivity contribution >= 4 is 0 Å². The van der Waals surface area contributed by atoms with Gasteiger partial charge in [-0.2, -0.15) is 0 Å². The summed E-state index contributed by atoms with van der Waals surface area (Å²) in [5.74, 6) is 0.953. The molecule has 2 fully saturated rings. The second-order valence-corrected chi connectivity index (χ2v) is 7.03. The van der Waals surface area contributed by atoms with E-state index in [1.807, 2.05) is 0 Å². The molecule has 1 aliphatic heterocycles. The molecule has 1 heterocycles. The zero-order valence-corrected chi connectivity index (χ0v) is 12.7. The van der Waals surface area contributed by atoms with E-state index in [9.17, 15) is 0 Å². The molecule has 0 amide bonds. The summed E-state index contributed by atoms with van der Waals surface area (Å²) in [5, 5.41) is 3.47. The van der Waals surface area contributed by atoms with Crippen molar-refractivity contribution in [3.63, 3.8) is 0 Å². The van der Waals surface area contributed by atoms with Crippen LogP contribution < -0.4 is 5.32 Å². The van der Waals surface area contributed by atoms with Crippen LogP contribution in [-0.4, -0.2) is 37.6 Å². The molecule has 1 saturated heterocycles. The van der Waals surface area contributed by atoms with E-state index in [2.05, 4.69) is 31.1 Å². The number of hydrogen-bond donors (Lipinski definition) is 1. The third-order valence-corrected chi connectivity index (χ3v) is 5.37. The van der Waals surface area contributed by atoms with Crippen LogP contribution in [0, 0.1) is 11.3 Å². The van der Waals surface area contributed by atoms with E-state index in [1.54, 1.807) is 0 Å². The van der Waals surface area contributed by atoms with Crippen molar-refractivity contribution in [1.29, 1.82) is 0 Å². The van der Waals surface area contributed by atoms with Crippen LogP contribution in [0.2, 0.25) is 0 Å². The Bertz CT molecular complexity index is 243. The highest BCUT2D eigenvalue weighted by atomic mass is 15.2. The highest BCUT2D eigenvalue weighted by Crippen LogP contribution is 2.40. The molecule has 0 aromatic carbocycles. The van der Waals surface area contributed by atoms with Crippen molar-refractivity contribution in [2.75, 3.05) is 26.7 Å². The van der Waals surface area contributed by atoms with Gasteiger partial charge in [-0.1, -0.05) is 26.2 Å². The van der Waals surface area contributed by atoms with Gasteiger partial charge in [0.05, 0.1) is 0 Å². The Morgan fingerprint density at radius 3 is 2.44 bits per heavy atom. The number of likely N-dealkylation sites (tertiary alicyclic amines) is 1. The van der Waals surface area contributed by atoms with Gasteiger partial charge in [0.25, 0.3) is 0 Å². The molecule has 2 heteroatoms. The Hall–Kier alpha value is -0.0800. The van der Waals surface area contributed by atoms with Gasteiger partial charge in [-0.05, 0) is 57.5 Å². The summed E-state index contributed by atoms with van der Waals surface area (Å²) >= 11 is 0. The minimum atomic E-state index is 0.562. The molecular formula is C16H32N2. The first-order chi connectivity index (χ1) is 8.65. The second-order valence-electron chi connectivity index (χ2n) is 7.03. The van der Waals surface area contributed by atoms with Crippen LogP contribution in [0.5, 0.6) is 0 Å². The van der Waals surface area contributed by atoms with Gasteiger partial charge in [0.2, 0.25) is 0 Å². The molecule has 1 aliphatic carbocycles. The Morgan fingerprint density at radius 2 is 1.83 bits per heavy atom. The lowest BCUT2D eigenvalue weighted by atomic mass is 9.70. The average molecular weight is 252 g/mol. The van der Waals surface area contributed by atoms with Gasteiger partial charge >= 0.3 is 0 Å². The molecular weight excluding hydrogens is 220 g/mol. The van der Waals surface area contributed by atoms with Crippen LogP contribution in [0.4, 0.5) is 0 Å². The van der Waals surface area contributed by atoms with Gasteiger partial charge in [-0.25, -0.2) is 0 Å². The first kappa shape index (κ1) is 14.3.